The Bertz CT molecular complexity index is 746. The van der Waals surface area contributed by atoms with Crippen molar-refractivity contribution in [1.29, 1.82) is 0 Å². The van der Waals surface area contributed by atoms with Crippen LogP contribution in [-0.4, -0.2) is 45.7 Å². The van der Waals surface area contributed by atoms with Crippen LogP contribution in [0.4, 0.5) is 24.5 Å². The van der Waals surface area contributed by atoms with Crippen LogP contribution in [0, 0.1) is 20.2 Å². The van der Waals surface area contributed by atoms with Crippen LogP contribution in [0.25, 0.3) is 0 Å². The summed E-state index contributed by atoms with van der Waals surface area (Å²) >= 11 is 0. The number of halogens is 3. The molecule has 2 N–H and O–H groups in total. The van der Waals surface area contributed by atoms with E-state index in [-0.39, 0.29) is 12.2 Å². The summed E-state index contributed by atoms with van der Waals surface area (Å²) in [7, 11) is 0. The number of benzene rings is 1. The standard InChI is InChI=1S/C13H12F3N3O8/c1-2-27-10-8(18(23)24)4-6(5-9(10)19(25)26)3-7(11(20)21)17-12(22)13(14,15)16/h4-5,7H,2-3H2,1H3,(H,17,22)(H,20,21)/t7-/m0/s1. The first kappa shape index (κ1) is 21.6. The highest BCUT2D eigenvalue weighted by atomic mass is 19.4. The summed E-state index contributed by atoms with van der Waals surface area (Å²) < 4.78 is 41.8. The molecular weight excluding hydrogens is 383 g/mol. The number of hydrogen-bond acceptors (Lipinski definition) is 7. The lowest BCUT2D eigenvalue weighted by molar-refractivity contribution is -0.396. The minimum absolute atomic E-state index is 0.152. The SMILES string of the molecule is CCOc1c([N+](=O)[O-])cc(C[C@H](NC(=O)C(F)(F)F)C(=O)O)cc1[N+](=O)[O-]. The van der Waals surface area contributed by atoms with E-state index in [0.29, 0.717) is 0 Å². The van der Waals surface area contributed by atoms with Crippen molar-refractivity contribution in [3.8, 4) is 5.75 Å². The predicted octanol–water partition coefficient (Wildman–Crippen LogP) is 1.58. The van der Waals surface area contributed by atoms with Gasteiger partial charge in [0.2, 0.25) is 0 Å². The van der Waals surface area contributed by atoms with Gasteiger partial charge in [0.15, 0.2) is 0 Å². The van der Waals surface area contributed by atoms with Crippen molar-refractivity contribution in [3.63, 3.8) is 0 Å². The number of carboxylic acids is 1. The van der Waals surface area contributed by atoms with E-state index >= 15 is 0 Å². The average Bonchev–Trinajstić information content (AvgIpc) is 2.53. The Hall–Kier alpha value is -3.45. The van der Waals surface area contributed by atoms with Crippen LogP contribution in [0.15, 0.2) is 12.1 Å². The van der Waals surface area contributed by atoms with E-state index in [2.05, 4.69) is 0 Å². The number of nitrogens with one attached hydrogen (secondary N) is 1. The van der Waals surface area contributed by atoms with Crippen LogP contribution in [0.5, 0.6) is 5.75 Å². The number of nitro groups is 2. The van der Waals surface area contributed by atoms with Crippen molar-refractivity contribution in [2.45, 2.75) is 25.6 Å². The van der Waals surface area contributed by atoms with Gasteiger partial charge in [0.05, 0.1) is 16.5 Å². The van der Waals surface area contributed by atoms with Gasteiger partial charge in [0.1, 0.15) is 6.04 Å². The van der Waals surface area contributed by atoms with E-state index in [1.54, 1.807) is 0 Å². The third kappa shape index (κ3) is 5.52. The zero-order valence-corrected chi connectivity index (χ0v) is 13.5. The molecule has 0 aliphatic carbocycles. The molecule has 0 fully saturated rings. The highest BCUT2D eigenvalue weighted by Gasteiger charge is 2.41. The Kier molecular flexibility index (Phi) is 6.63. The van der Waals surface area contributed by atoms with Gasteiger partial charge < -0.3 is 15.2 Å². The summed E-state index contributed by atoms with van der Waals surface area (Å²) in [5, 5.41) is 32.4. The van der Waals surface area contributed by atoms with E-state index in [1.807, 2.05) is 0 Å². The van der Waals surface area contributed by atoms with Crippen molar-refractivity contribution in [3.05, 3.63) is 37.9 Å². The normalized spacial score (nSPS) is 12.1. The third-order valence-electron chi connectivity index (χ3n) is 3.09. The number of amides is 1. The second-order valence-corrected chi connectivity index (χ2v) is 4.98. The minimum atomic E-state index is -5.36. The van der Waals surface area contributed by atoms with Gasteiger partial charge in [-0.25, -0.2) is 4.79 Å². The maximum absolute atomic E-state index is 12.3. The molecule has 0 bridgehead atoms. The molecule has 0 aliphatic rings. The molecule has 1 aromatic carbocycles. The van der Waals surface area contributed by atoms with Crippen molar-refractivity contribution >= 4 is 23.3 Å². The van der Waals surface area contributed by atoms with E-state index in [4.69, 9.17) is 9.84 Å². The lowest BCUT2D eigenvalue weighted by Gasteiger charge is -2.16. The Labute approximate surface area is 148 Å². The molecule has 0 saturated carbocycles. The monoisotopic (exact) mass is 395 g/mol. The van der Waals surface area contributed by atoms with E-state index in [1.165, 1.54) is 12.2 Å². The van der Waals surface area contributed by atoms with Crippen molar-refractivity contribution < 1.29 is 42.5 Å². The molecule has 0 unspecified atom stereocenters. The third-order valence-corrected chi connectivity index (χ3v) is 3.09. The molecular formula is C13H12F3N3O8. The number of carbonyl (C=O) groups excluding carboxylic acids is 1. The van der Waals surface area contributed by atoms with Crippen molar-refractivity contribution in [2.24, 2.45) is 0 Å². The fraction of sp³-hybridized carbons (Fsp3) is 0.385. The van der Waals surface area contributed by atoms with Gasteiger partial charge in [-0.15, -0.1) is 0 Å². The first-order valence-electron chi connectivity index (χ1n) is 7.07. The van der Waals surface area contributed by atoms with Gasteiger partial charge in [-0.2, -0.15) is 13.2 Å². The molecule has 1 amide bonds. The molecule has 11 nitrogen and oxygen atoms in total. The van der Waals surface area contributed by atoms with E-state index in [0.717, 1.165) is 12.1 Å². The first-order chi connectivity index (χ1) is 12.4. The quantitative estimate of drug-likeness (QED) is 0.495. The van der Waals surface area contributed by atoms with E-state index in [9.17, 15) is 43.0 Å². The van der Waals surface area contributed by atoms with Crippen molar-refractivity contribution in [2.75, 3.05) is 6.61 Å². The molecule has 0 aliphatic heterocycles. The zero-order chi connectivity index (χ0) is 20.9. The Morgan fingerprint density at radius 1 is 1.22 bits per heavy atom. The number of carboxylic acid groups (broad SMARTS) is 1. The van der Waals surface area contributed by atoms with Gasteiger partial charge in [-0.05, 0) is 12.5 Å². The molecule has 0 radical (unpaired) electrons. The van der Waals surface area contributed by atoms with Crippen LogP contribution < -0.4 is 10.1 Å². The lowest BCUT2D eigenvalue weighted by Crippen LogP contribution is -2.47. The van der Waals surface area contributed by atoms with Gasteiger partial charge in [0.25, 0.3) is 5.75 Å². The molecule has 14 heteroatoms. The number of carbonyl (C=O) groups is 2. The summed E-state index contributed by atoms with van der Waals surface area (Å²) in [5.41, 5.74) is -2.09. The largest absolute Gasteiger partial charge is 0.482 e. The maximum atomic E-state index is 12.3. The highest BCUT2D eigenvalue weighted by Crippen LogP contribution is 2.38. The van der Waals surface area contributed by atoms with Gasteiger partial charge in [-0.1, -0.05) is 0 Å². The smallest absolute Gasteiger partial charge is 0.471 e. The number of nitrogens with zero attached hydrogens (tertiary/aromatic N) is 2. The summed E-state index contributed by atoms with van der Waals surface area (Å²) in [6.07, 6.45) is -6.23. The Balaban J connectivity index is 3.35. The summed E-state index contributed by atoms with van der Waals surface area (Å²) in [4.78, 5) is 42.2. The summed E-state index contributed by atoms with van der Waals surface area (Å²) in [6, 6.07) is -0.669. The fourth-order valence-corrected chi connectivity index (χ4v) is 2.01. The predicted molar refractivity (Wildman–Crippen MR) is 80.2 cm³/mol. The molecule has 27 heavy (non-hydrogen) atoms. The molecule has 1 aromatic rings. The minimum Gasteiger partial charge on any atom is -0.482 e. The summed E-state index contributed by atoms with van der Waals surface area (Å²) in [6.45, 7) is 1.26. The molecule has 1 atom stereocenters. The topological polar surface area (TPSA) is 162 Å². The van der Waals surface area contributed by atoms with Crippen LogP contribution >= 0.6 is 0 Å². The molecule has 0 saturated heterocycles. The molecule has 148 valence electrons. The van der Waals surface area contributed by atoms with E-state index < -0.39 is 57.5 Å². The fourth-order valence-electron chi connectivity index (χ4n) is 2.01. The van der Waals surface area contributed by atoms with Gasteiger partial charge in [-0.3, -0.25) is 25.0 Å². The number of alkyl halides is 3. The Morgan fingerprint density at radius 2 is 1.70 bits per heavy atom. The summed E-state index contributed by atoms with van der Waals surface area (Å²) in [5.74, 6) is -5.08. The van der Waals surface area contributed by atoms with Crippen LogP contribution in [0.2, 0.25) is 0 Å². The first-order valence-corrected chi connectivity index (χ1v) is 7.07. The highest BCUT2D eigenvalue weighted by molar-refractivity contribution is 5.87. The number of ether oxygens (including phenoxy) is 1. The molecule has 0 spiro atoms. The molecule has 1 rings (SSSR count). The number of nitro benzene ring substituents is 2. The van der Waals surface area contributed by atoms with Crippen LogP contribution in [0.1, 0.15) is 12.5 Å². The zero-order valence-electron chi connectivity index (χ0n) is 13.5. The lowest BCUT2D eigenvalue weighted by atomic mass is 10.0. The Morgan fingerprint density at radius 3 is 2.04 bits per heavy atom. The van der Waals surface area contributed by atoms with Gasteiger partial charge >= 0.3 is 29.4 Å². The van der Waals surface area contributed by atoms with Crippen LogP contribution in [0.3, 0.4) is 0 Å². The number of rotatable bonds is 8. The number of hydrogen-bond donors (Lipinski definition) is 2. The molecule has 0 heterocycles. The second-order valence-electron chi connectivity index (χ2n) is 4.98. The molecule has 0 aromatic heterocycles. The second kappa shape index (κ2) is 8.29. The van der Waals surface area contributed by atoms with Crippen molar-refractivity contribution in [1.82, 2.24) is 5.32 Å². The number of aliphatic carboxylic acids is 1. The van der Waals surface area contributed by atoms with Crippen LogP contribution in [-0.2, 0) is 16.0 Å². The maximum Gasteiger partial charge on any atom is 0.471 e. The average molecular weight is 395 g/mol. The van der Waals surface area contributed by atoms with Gasteiger partial charge in [0, 0.05) is 18.6 Å².